The molecule has 1 amide bonds. The maximum Gasteiger partial charge on any atom is 0.257 e. The first kappa shape index (κ1) is 19.4. The van der Waals surface area contributed by atoms with E-state index in [1.54, 1.807) is 11.0 Å². The van der Waals surface area contributed by atoms with E-state index in [2.05, 4.69) is 0 Å². The van der Waals surface area contributed by atoms with Crippen molar-refractivity contribution in [3.63, 3.8) is 0 Å². The fourth-order valence-corrected chi connectivity index (χ4v) is 3.20. The van der Waals surface area contributed by atoms with E-state index in [0.29, 0.717) is 11.3 Å². The first-order valence-corrected chi connectivity index (χ1v) is 8.11. The number of furan rings is 1. The molecule has 1 saturated carbocycles. The number of hydrogen-bond acceptors (Lipinski definition) is 3. The molecule has 0 radical (unpaired) electrons. The number of benzene rings is 1. The second-order valence-electron chi connectivity index (χ2n) is 6.11. The Hall–Kier alpha value is -1.92. The lowest BCUT2D eigenvalue weighted by Gasteiger charge is -2.29. The highest BCUT2D eigenvalue weighted by atomic mass is 35.5. The third-order valence-electron chi connectivity index (χ3n) is 4.48. The van der Waals surface area contributed by atoms with Gasteiger partial charge in [0.25, 0.3) is 5.91 Å². The third-order valence-corrected chi connectivity index (χ3v) is 4.48. The van der Waals surface area contributed by atoms with Crippen LogP contribution < -0.4 is 5.73 Å². The van der Waals surface area contributed by atoms with Crippen molar-refractivity contribution in [2.24, 2.45) is 5.73 Å². The molecule has 0 unspecified atom stereocenters. The molecule has 0 atom stereocenters. The molecule has 1 aliphatic carbocycles. The van der Waals surface area contributed by atoms with E-state index < -0.39 is 11.6 Å². The molecule has 0 saturated heterocycles. The summed E-state index contributed by atoms with van der Waals surface area (Å²) in [5, 5.41) is 0. The number of nitrogens with zero attached hydrogens (tertiary/aromatic N) is 1. The van der Waals surface area contributed by atoms with Gasteiger partial charge >= 0.3 is 0 Å². The molecule has 136 valence electrons. The normalized spacial score (nSPS) is 14.4. The lowest BCUT2D eigenvalue weighted by atomic mass is 10.1. The predicted octanol–water partition coefficient (Wildman–Crippen LogP) is 4.02. The molecule has 1 aromatic carbocycles. The SMILES string of the molecule is Cl.NCc1cc(C(=O)N(Cc2cc(F)ccc2F)C2CCCC2)co1. The van der Waals surface area contributed by atoms with E-state index in [-0.39, 0.29) is 43.0 Å². The molecular weight excluding hydrogens is 350 g/mol. The number of rotatable bonds is 5. The van der Waals surface area contributed by atoms with E-state index in [9.17, 15) is 13.6 Å². The van der Waals surface area contributed by atoms with Gasteiger partial charge in [0.15, 0.2) is 0 Å². The Kier molecular flexibility index (Phi) is 6.56. The van der Waals surface area contributed by atoms with Gasteiger partial charge in [-0.1, -0.05) is 12.8 Å². The van der Waals surface area contributed by atoms with Crippen LogP contribution in [0.5, 0.6) is 0 Å². The Morgan fingerprint density at radius 3 is 2.60 bits per heavy atom. The Labute approximate surface area is 151 Å². The quantitative estimate of drug-likeness (QED) is 0.864. The third kappa shape index (κ3) is 4.38. The van der Waals surface area contributed by atoms with Crippen LogP contribution in [0.4, 0.5) is 8.78 Å². The fourth-order valence-electron chi connectivity index (χ4n) is 3.20. The van der Waals surface area contributed by atoms with E-state index in [1.165, 1.54) is 6.26 Å². The number of hydrogen-bond donors (Lipinski definition) is 1. The number of halogens is 3. The van der Waals surface area contributed by atoms with Crippen LogP contribution in [0.15, 0.2) is 34.9 Å². The van der Waals surface area contributed by atoms with Crippen LogP contribution in [0.2, 0.25) is 0 Å². The molecule has 1 fully saturated rings. The minimum absolute atomic E-state index is 0. The summed E-state index contributed by atoms with van der Waals surface area (Å²) in [6, 6.07) is 4.94. The molecule has 3 rings (SSSR count). The first-order valence-electron chi connectivity index (χ1n) is 8.11. The van der Waals surface area contributed by atoms with Crippen LogP contribution >= 0.6 is 12.4 Å². The lowest BCUT2D eigenvalue weighted by molar-refractivity contribution is 0.0661. The van der Waals surface area contributed by atoms with Gasteiger partial charge in [0.2, 0.25) is 0 Å². The second kappa shape index (κ2) is 8.45. The molecule has 0 bridgehead atoms. The Morgan fingerprint density at radius 1 is 1.24 bits per heavy atom. The summed E-state index contributed by atoms with van der Waals surface area (Å²) < 4.78 is 32.7. The lowest BCUT2D eigenvalue weighted by Crippen LogP contribution is -2.38. The van der Waals surface area contributed by atoms with Gasteiger partial charge < -0.3 is 15.1 Å². The molecule has 25 heavy (non-hydrogen) atoms. The number of nitrogens with two attached hydrogens (primary N) is 1. The van der Waals surface area contributed by atoms with Gasteiger partial charge in [-0.05, 0) is 37.1 Å². The first-order chi connectivity index (χ1) is 11.6. The topological polar surface area (TPSA) is 59.5 Å². The molecule has 2 aromatic rings. The molecular formula is C18H21ClF2N2O2. The average Bonchev–Trinajstić information content (AvgIpc) is 3.26. The minimum Gasteiger partial charge on any atom is -0.467 e. The zero-order valence-corrected chi connectivity index (χ0v) is 14.5. The second-order valence-corrected chi connectivity index (χ2v) is 6.11. The summed E-state index contributed by atoms with van der Waals surface area (Å²) in [7, 11) is 0. The number of amides is 1. The molecule has 1 heterocycles. The molecule has 0 aliphatic heterocycles. The molecule has 7 heteroatoms. The predicted molar refractivity (Wildman–Crippen MR) is 92.3 cm³/mol. The maximum absolute atomic E-state index is 14.0. The zero-order chi connectivity index (χ0) is 17.1. The molecule has 2 N–H and O–H groups in total. The van der Waals surface area contributed by atoms with Crippen molar-refractivity contribution in [2.45, 2.75) is 44.8 Å². The van der Waals surface area contributed by atoms with Crippen LogP contribution in [0.1, 0.15) is 47.4 Å². The monoisotopic (exact) mass is 370 g/mol. The van der Waals surface area contributed by atoms with Crippen LogP contribution in [0.3, 0.4) is 0 Å². The molecule has 1 aromatic heterocycles. The molecule has 0 spiro atoms. The summed E-state index contributed by atoms with van der Waals surface area (Å²) in [5.41, 5.74) is 6.08. The van der Waals surface area contributed by atoms with Crippen molar-refractivity contribution >= 4 is 18.3 Å². The summed E-state index contributed by atoms with van der Waals surface area (Å²) in [4.78, 5) is 14.5. The van der Waals surface area contributed by atoms with Gasteiger partial charge in [-0.15, -0.1) is 12.4 Å². The standard InChI is InChI=1S/C18H20F2N2O2.ClH/c19-14-5-6-17(20)12(7-14)10-22(15-3-1-2-4-15)18(23)13-8-16(9-21)24-11-13;/h5-8,11,15H,1-4,9-10,21H2;1H. The van der Waals surface area contributed by atoms with Crippen LogP contribution in [-0.2, 0) is 13.1 Å². The van der Waals surface area contributed by atoms with Crippen molar-refractivity contribution in [3.8, 4) is 0 Å². The summed E-state index contributed by atoms with van der Waals surface area (Å²) in [6.07, 6.45) is 5.15. The van der Waals surface area contributed by atoms with Gasteiger partial charge in [-0.25, -0.2) is 8.78 Å². The van der Waals surface area contributed by atoms with Crippen molar-refractivity contribution in [1.29, 1.82) is 0 Å². The molecule has 4 nitrogen and oxygen atoms in total. The van der Waals surface area contributed by atoms with Gasteiger partial charge in [0, 0.05) is 18.2 Å². The average molecular weight is 371 g/mol. The number of carbonyl (C=O) groups excluding carboxylic acids is 1. The highest BCUT2D eigenvalue weighted by molar-refractivity contribution is 5.94. The van der Waals surface area contributed by atoms with Crippen LogP contribution in [-0.4, -0.2) is 16.8 Å². The molecule has 1 aliphatic rings. The summed E-state index contributed by atoms with van der Waals surface area (Å²) in [5.74, 6) is -0.753. The van der Waals surface area contributed by atoms with Gasteiger partial charge in [-0.3, -0.25) is 4.79 Å². The summed E-state index contributed by atoms with van der Waals surface area (Å²) in [6.45, 7) is 0.242. The van der Waals surface area contributed by atoms with E-state index in [4.69, 9.17) is 10.2 Å². The van der Waals surface area contributed by atoms with E-state index in [1.807, 2.05) is 0 Å². The van der Waals surface area contributed by atoms with Crippen LogP contribution in [0, 0.1) is 11.6 Å². The summed E-state index contributed by atoms with van der Waals surface area (Å²) >= 11 is 0. The largest absolute Gasteiger partial charge is 0.467 e. The Morgan fingerprint density at radius 2 is 1.96 bits per heavy atom. The number of carbonyl (C=O) groups is 1. The van der Waals surface area contributed by atoms with Gasteiger partial charge in [-0.2, -0.15) is 0 Å². The highest BCUT2D eigenvalue weighted by Gasteiger charge is 2.29. The van der Waals surface area contributed by atoms with Crippen molar-refractivity contribution in [3.05, 3.63) is 59.1 Å². The van der Waals surface area contributed by atoms with E-state index in [0.717, 1.165) is 43.9 Å². The zero-order valence-electron chi connectivity index (χ0n) is 13.7. The van der Waals surface area contributed by atoms with Gasteiger partial charge in [0.1, 0.15) is 23.7 Å². The highest BCUT2D eigenvalue weighted by Crippen LogP contribution is 2.27. The van der Waals surface area contributed by atoms with Gasteiger partial charge in [0.05, 0.1) is 12.1 Å². The Balaban J connectivity index is 0.00000225. The maximum atomic E-state index is 14.0. The van der Waals surface area contributed by atoms with Crippen molar-refractivity contribution in [2.75, 3.05) is 0 Å². The van der Waals surface area contributed by atoms with Crippen LogP contribution in [0.25, 0.3) is 0 Å². The Bertz CT molecular complexity index is 730. The van der Waals surface area contributed by atoms with Crippen molar-refractivity contribution < 1.29 is 18.0 Å². The van der Waals surface area contributed by atoms with Crippen molar-refractivity contribution in [1.82, 2.24) is 4.90 Å². The van der Waals surface area contributed by atoms with E-state index >= 15 is 0 Å². The smallest absolute Gasteiger partial charge is 0.257 e. The minimum atomic E-state index is -0.515. The fraction of sp³-hybridized carbons (Fsp3) is 0.389.